The lowest BCUT2D eigenvalue weighted by Crippen LogP contribution is -1.88. The summed E-state index contributed by atoms with van der Waals surface area (Å²) < 4.78 is 18.9. The number of aromatic hydroxyl groups is 1. The molecule has 2 nitrogen and oxygen atoms in total. The first-order valence-electron chi connectivity index (χ1n) is 4.93. The number of benzene rings is 2. The topological polar surface area (TPSA) is 29.5 Å². The van der Waals surface area contributed by atoms with Gasteiger partial charge in [-0.2, -0.15) is 0 Å². The summed E-state index contributed by atoms with van der Waals surface area (Å²) >= 11 is 3.29. The summed E-state index contributed by atoms with van der Waals surface area (Å²) in [4.78, 5) is 0. The molecule has 2 aromatic carbocycles. The summed E-state index contributed by atoms with van der Waals surface area (Å²) in [7, 11) is 1.42. The van der Waals surface area contributed by atoms with E-state index in [1.54, 1.807) is 24.3 Å². The van der Waals surface area contributed by atoms with Crippen LogP contribution in [0.4, 0.5) is 4.39 Å². The van der Waals surface area contributed by atoms with Crippen molar-refractivity contribution in [2.24, 2.45) is 0 Å². The maximum absolute atomic E-state index is 13.3. The van der Waals surface area contributed by atoms with Crippen LogP contribution in [0.25, 0.3) is 11.1 Å². The number of halogens is 2. The van der Waals surface area contributed by atoms with Crippen molar-refractivity contribution in [3.8, 4) is 22.6 Å². The third kappa shape index (κ3) is 2.58. The molecule has 0 heterocycles. The molecule has 0 bridgehead atoms. The highest BCUT2D eigenvalue weighted by molar-refractivity contribution is 9.10. The van der Waals surface area contributed by atoms with Crippen LogP contribution in [0.3, 0.4) is 0 Å². The minimum atomic E-state index is -0.407. The molecule has 0 fully saturated rings. The summed E-state index contributed by atoms with van der Waals surface area (Å²) in [5.41, 5.74) is 1.56. The molecule has 0 aliphatic heterocycles. The van der Waals surface area contributed by atoms with E-state index >= 15 is 0 Å². The molecule has 0 aliphatic rings. The average molecular weight is 297 g/mol. The number of rotatable bonds is 2. The van der Waals surface area contributed by atoms with E-state index in [2.05, 4.69) is 15.9 Å². The first-order valence-corrected chi connectivity index (χ1v) is 5.73. The van der Waals surface area contributed by atoms with Crippen molar-refractivity contribution in [2.75, 3.05) is 7.11 Å². The van der Waals surface area contributed by atoms with Crippen molar-refractivity contribution in [3.63, 3.8) is 0 Å². The summed E-state index contributed by atoms with van der Waals surface area (Å²) in [6.45, 7) is 0. The highest BCUT2D eigenvalue weighted by Gasteiger charge is 2.06. The van der Waals surface area contributed by atoms with E-state index in [0.29, 0.717) is 0 Å². The van der Waals surface area contributed by atoms with Crippen molar-refractivity contribution < 1.29 is 14.2 Å². The lowest BCUT2D eigenvalue weighted by atomic mass is 10.1. The molecule has 0 unspecified atom stereocenters. The second kappa shape index (κ2) is 4.75. The maximum Gasteiger partial charge on any atom is 0.165 e. The van der Waals surface area contributed by atoms with Gasteiger partial charge in [0.1, 0.15) is 5.75 Å². The van der Waals surface area contributed by atoms with E-state index in [1.165, 1.54) is 13.2 Å². The Labute approximate surface area is 107 Å². The van der Waals surface area contributed by atoms with Gasteiger partial charge >= 0.3 is 0 Å². The number of phenolic OH excluding ortho intramolecular Hbond substituents is 1. The van der Waals surface area contributed by atoms with Crippen molar-refractivity contribution in [1.29, 1.82) is 0 Å². The largest absolute Gasteiger partial charge is 0.508 e. The molecular weight excluding hydrogens is 287 g/mol. The van der Waals surface area contributed by atoms with Crippen LogP contribution in [0.15, 0.2) is 40.9 Å². The highest BCUT2D eigenvalue weighted by Crippen LogP contribution is 2.31. The Hall–Kier alpha value is -1.55. The molecule has 1 N–H and O–H groups in total. The van der Waals surface area contributed by atoms with E-state index in [0.717, 1.165) is 15.6 Å². The Morgan fingerprint density at radius 2 is 1.88 bits per heavy atom. The van der Waals surface area contributed by atoms with Gasteiger partial charge in [0.05, 0.1) is 7.11 Å². The molecule has 0 saturated heterocycles. The fourth-order valence-electron chi connectivity index (χ4n) is 1.58. The van der Waals surface area contributed by atoms with E-state index < -0.39 is 5.82 Å². The Bertz CT molecular complexity index is 535. The average Bonchev–Trinajstić information content (AvgIpc) is 2.28. The summed E-state index contributed by atoms with van der Waals surface area (Å²) in [5, 5.41) is 9.50. The number of hydrogen-bond donors (Lipinski definition) is 1. The van der Waals surface area contributed by atoms with Crippen molar-refractivity contribution in [1.82, 2.24) is 0 Å². The number of phenols is 1. The summed E-state index contributed by atoms with van der Waals surface area (Å²) in [5.74, 6) is -0.0740. The first-order chi connectivity index (χ1) is 8.10. The number of methoxy groups -OCH3 is 1. The van der Waals surface area contributed by atoms with Gasteiger partial charge in [-0.25, -0.2) is 4.39 Å². The molecule has 0 atom stereocenters. The second-order valence-electron chi connectivity index (χ2n) is 3.55. The molecule has 0 radical (unpaired) electrons. The Morgan fingerprint density at radius 1 is 1.12 bits per heavy atom. The zero-order valence-corrected chi connectivity index (χ0v) is 10.7. The van der Waals surface area contributed by atoms with Crippen LogP contribution in [0, 0.1) is 5.82 Å². The number of hydrogen-bond acceptors (Lipinski definition) is 2. The van der Waals surface area contributed by atoms with E-state index in [-0.39, 0.29) is 11.5 Å². The molecule has 2 rings (SSSR count). The minimum Gasteiger partial charge on any atom is -0.508 e. The lowest BCUT2D eigenvalue weighted by Gasteiger charge is -2.07. The van der Waals surface area contributed by atoms with Gasteiger partial charge in [-0.1, -0.05) is 22.0 Å². The quantitative estimate of drug-likeness (QED) is 0.909. The molecule has 0 saturated carbocycles. The van der Waals surface area contributed by atoms with Gasteiger partial charge in [-0.05, 0) is 41.5 Å². The lowest BCUT2D eigenvalue weighted by molar-refractivity contribution is 0.387. The monoisotopic (exact) mass is 296 g/mol. The predicted molar refractivity (Wildman–Crippen MR) is 67.8 cm³/mol. The van der Waals surface area contributed by atoms with Crippen LogP contribution >= 0.6 is 15.9 Å². The van der Waals surface area contributed by atoms with Crippen LogP contribution in [0.1, 0.15) is 0 Å². The maximum atomic E-state index is 13.3. The Balaban J connectivity index is 2.52. The third-order valence-electron chi connectivity index (χ3n) is 2.37. The van der Waals surface area contributed by atoms with Gasteiger partial charge < -0.3 is 9.84 Å². The van der Waals surface area contributed by atoms with Crippen molar-refractivity contribution in [2.45, 2.75) is 0 Å². The minimum absolute atomic E-state index is 0.151. The Kier molecular flexibility index (Phi) is 3.33. The third-order valence-corrected chi connectivity index (χ3v) is 2.82. The molecule has 0 spiro atoms. The van der Waals surface area contributed by atoms with Gasteiger partial charge in [0.25, 0.3) is 0 Å². The molecule has 2 aromatic rings. The zero-order valence-electron chi connectivity index (χ0n) is 9.08. The smallest absolute Gasteiger partial charge is 0.165 e. The van der Waals surface area contributed by atoms with E-state index in [9.17, 15) is 9.50 Å². The van der Waals surface area contributed by atoms with Crippen molar-refractivity contribution >= 4 is 15.9 Å². The van der Waals surface area contributed by atoms with Gasteiger partial charge in [0.15, 0.2) is 11.6 Å². The van der Waals surface area contributed by atoms with Crippen LogP contribution in [-0.2, 0) is 0 Å². The normalized spacial score (nSPS) is 10.3. The van der Waals surface area contributed by atoms with Gasteiger partial charge in [0, 0.05) is 4.47 Å². The molecule has 0 aromatic heterocycles. The predicted octanol–water partition coefficient (Wildman–Crippen LogP) is 3.97. The fourth-order valence-corrected chi connectivity index (χ4v) is 2.06. The van der Waals surface area contributed by atoms with Gasteiger partial charge in [-0.3, -0.25) is 0 Å². The SMILES string of the molecule is COc1cc(-c2cc(O)cc(Br)c2)ccc1F. The van der Waals surface area contributed by atoms with Crippen LogP contribution < -0.4 is 4.74 Å². The van der Waals surface area contributed by atoms with Gasteiger partial charge in [0.2, 0.25) is 0 Å². The molecule has 4 heteroatoms. The van der Waals surface area contributed by atoms with Crippen LogP contribution in [0.2, 0.25) is 0 Å². The van der Waals surface area contributed by atoms with Crippen molar-refractivity contribution in [3.05, 3.63) is 46.7 Å². The number of ether oxygens (including phenoxy) is 1. The standard InChI is InChI=1S/C13H10BrFO2/c1-17-13-6-8(2-3-12(13)15)9-4-10(14)7-11(16)5-9/h2-7,16H,1H3. The fraction of sp³-hybridized carbons (Fsp3) is 0.0769. The summed E-state index contributed by atoms with van der Waals surface area (Å²) in [6.07, 6.45) is 0. The van der Waals surface area contributed by atoms with Crippen LogP contribution in [-0.4, -0.2) is 12.2 Å². The van der Waals surface area contributed by atoms with Gasteiger partial charge in [-0.15, -0.1) is 0 Å². The van der Waals surface area contributed by atoms with E-state index in [4.69, 9.17) is 4.74 Å². The molecule has 0 amide bonds. The Morgan fingerprint density at radius 3 is 2.53 bits per heavy atom. The highest BCUT2D eigenvalue weighted by atomic mass is 79.9. The summed E-state index contributed by atoms with van der Waals surface area (Å²) in [6, 6.07) is 9.61. The van der Waals surface area contributed by atoms with Crippen LogP contribution in [0.5, 0.6) is 11.5 Å². The zero-order chi connectivity index (χ0) is 12.4. The molecular formula is C13H10BrFO2. The molecule has 0 aliphatic carbocycles. The van der Waals surface area contributed by atoms with E-state index in [1.807, 2.05) is 6.07 Å². The first kappa shape index (κ1) is 11.9. The molecule has 88 valence electrons. The second-order valence-corrected chi connectivity index (χ2v) is 4.46. The molecule has 17 heavy (non-hydrogen) atoms.